The Morgan fingerprint density at radius 1 is 1.14 bits per heavy atom. The molecular formula is C17H14FNO2. The lowest BCUT2D eigenvalue weighted by Gasteiger charge is -2.05. The summed E-state index contributed by atoms with van der Waals surface area (Å²) in [6.45, 7) is 0. The second kappa shape index (κ2) is 5.79. The van der Waals surface area contributed by atoms with Crippen LogP contribution in [0, 0.1) is 5.82 Å². The van der Waals surface area contributed by atoms with Crippen LogP contribution >= 0.6 is 0 Å². The maximum atomic E-state index is 13.5. The van der Waals surface area contributed by atoms with Gasteiger partial charge in [-0.3, -0.25) is 0 Å². The molecule has 0 aliphatic rings. The lowest BCUT2D eigenvalue weighted by Crippen LogP contribution is -1.92. The van der Waals surface area contributed by atoms with Gasteiger partial charge < -0.3 is 9.15 Å². The third-order valence-electron chi connectivity index (χ3n) is 3.27. The van der Waals surface area contributed by atoms with Gasteiger partial charge in [0.25, 0.3) is 0 Å². The van der Waals surface area contributed by atoms with Crippen molar-refractivity contribution < 1.29 is 13.5 Å². The zero-order valence-corrected chi connectivity index (χ0v) is 11.5. The van der Waals surface area contributed by atoms with Crippen molar-refractivity contribution in [2.75, 3.05) is 7.11 Å². The minimum atomic E-state index is -0.398. The number of oxazole rings is 1. The van der Waals surface area contributed by atoms with E-state index in [1.165, 1.54) is 19.6 Å². The van der Waals surface area contributed by atoms with E-state index in [2.05, 4.69) is 4.98 Å². The number of nitrogens with zero attached hydrogens (tertiary/aromatic N) is 1. The van der Waals surface area contributed by atoms with E-state index in [-0.39, 0.29) is 5.75 Å². The Labute approximate surface area is 122 Å². The van der Waals surface area contributed by atoms with Gasteiger partial charge in [-0.1, -0.05) is 30.3 Å². The molecule has 2 aromatic carbocycles. The summed E-state index contributed by atoms with van der Waals surface area (Å²) in [5, 5.41) is 0. The first-order valence-electron chi connectivity index (χ1n) is 6.58. The van der Waals surface area contributed by atoms with E-state index >= 15 is 0 Å². The van der Waals surface area contributed by atoms with Crippen LogP contribution in [-0.2, 0) is 6.42 Å². The molecule has 3 rings (SSSR count). The summed E-state index contributed by atoms with van der Waals surface area (Å²) in [5.41, 5.74) is 2.70. The molecule has 3 nitrogen and oxygen atoms in total. The summed E-state index contributed by atoms with van der Waals surface area (Å²) in [7, 11) is 1.44. The minimum Gasteiger partial charge on any atom is -0.494 e. The number of ether oxygens (including phenoxy) is 1. The van der Waals surface area contributed by atoms with E-state index in [0.717, 1.165) is 16.8 Å². The summed E-state index contributed by atoms with van der Waals surface area (Å²) < 4.78 is 24.0. The Hall–Kier alpha value is -2.62. The normalized spacial score (nSPS) is 10.6. The molecule has 21 heavy (non-hydrogen) atoms. The molecule has 4 heteroatoms. The number of aromatic nitrogens is 1. The van der Waals surface area contributed by atoms with Crippen LogP contribution in [0.4, 0.5) is 4.39 Å². The molecule has 0 fully saturated rings. The molecule has 0 amide bonds. The summed E-state index contributed by atoms with van der Waals surface area (Å²) in [5.74, 6) is 0.428. The van der Waals surface area contributed by atoms with Crippen molar-refractivity contribution >= 4 is 0 Å². The van der Waals surface area contributed by atoms with Gasteiger partial charge in [-0.05, 0) is 23.8 Å². The van der Waals surface area contributed by atoms with Crippen molar-refractivity contribution in [3.63, 3.8) is 0 Å². The van der Waals surface area contributed by atoms with Gasteiger partial charge in [0.1, 0.15) is 0 Å². The molecule has 0 N–H and O–H groups in total. The number of methoxy groups -OCH3 is 1. The smallest absolute Gasteiger partial charge is 0.181 e. The zero-order chi connectivity index (χ0) is 14.7. The highest BCUT2D eigenvalue weighted by molar-refractivity contribution is 5.62. The average molecular weight is 283 g/mol. The maximum Gasteiger partial charge on any atom is 0.181 e. The third kappa shape index (κ3) is 2.79. The van der Waals surface area contributed by atoms with Crippen LogP contribution in [-0.4, -0.2) is 12.1 Å². The lowest BCUT2D eigenvalue weighted by atomic mass is 10.1. The predicted molar refractivity (Wildman–Crippen MR) is 77.7 cm³/mol. The minimum absolute atomic E-state index is 0.189. The summed E-state index contributed by atoms with van der Waals surface area (Å²) >= 11 is 0. The van der Waals surface area contributed by atoms with Gasteiger partial charge in [0.2, 0.25) is 0 Å². The molecule has 0 saturated carbocycles. The van der Waals surface area contributed by atoms with Gasteiger partial charge in [0.05, 0.1) is 12.8 Å². The van der Waals surface area contributed by atoms with Crippen molar-refractivity contribution in [2.24, 2.45) is 0 Å². The van der Waals surface area contributed by atoms with Gasteiger partial charge in [-0.15, -0.1) is 0 Å². The third-order valence-corrected chi connectivity index (χ3v) is 3.27. The molecule has 0 aliphatic heterocycles. The molecule has 0 bridgehead atoms. The number of hydrogen-bond donors (Lipinski definition) is 0. The topological polar surface area (TPSA) is 35.3 Å². The summed E-state index contributed by atoms with van der Waals surface area (Å²) in [6.07, 6.45) is 2.07. The van der Waals surface area contributed by atoms with E-state index in [1.807, 2.05) is 30.3 Å². The first-order chi connectivity index (χ1) is 10.3. The van der Waals surface area contributed by atoms with Crippen molar-refractivity contribution in [1.29, 1.82) is 0 Å². The van der Waals surface area contributed by atoms with Gasteiger partial charge in [0, 0.05) is 12.0 Å². The lowest BCUT2D eigenvalue weighted by molar-refractivity contribution is 0.386. The van der Waals surface area contributed by atoms with Crippen LogP contribution in [0.5, 0.6) is 5.75 Å². The van der Waals surface area contributed by atoms with Crippen molar-refractivity contribution in [1.82, 2.24) is 4.98 Å². The first kappa shape index (κ1) is 13.4. The van der Waals surface area contributed by atoms with E-state index in [1.54, 1.807) is 12.1 Å². The molecule has 0 spiro atoms. The molecule has 1 heterocycles. The Kier molecular flexibility index (Phi) is 3.69. The van der Waals surface area contributed by atoms with Crippen LogP contribution in [0.2, 0.25) is 0 Å². The second-order valence-corrected chi connectivity index (χ2v) is 4.64. The van der Waals surface area contributed by atoms with Crippen molar-refractivity contribution in [3.05, 3.63) is 72.0 Å². The number of rotatable bonds is 4. The quantitative estimate of drug-likeness (QED) is 0.723. The van der Waals surface area contributed by atoms with Crippen molar-refractivity contribution in [2.45, 2.75) is 6.42 Å². The summed E-state index contributed by atoms with van der Waals surface area (Å²) in [4.78, 5) is 4.26. The van der Waals surface area contributed by atoms with Gasteiger partial charge >= 0.3 is 0 Å². The highest BCUT2D eigenvalue weighted by atomic mass is 19.1. The zero-order valence-electron chi connectivity index (χ0n) is 11.5. The maximum absolute atomic E-state index is 13.5. The fourth-order valence-electron chi connectivity index (χ4n) is 2.22. The number of halogens is 1. The Morgan fingerprint density at radius 2 is 1.95 bits per heavy atom. The molecular weight excluding hydrogens is 269 g/mol. The molecule has 0 atom stereocenters. The average Bonchev–Trinajstić information content (AvgIpc) is 2.97. The molecule has 106 valence electrons. The van der Waals surface area contributed by atoms with E-state index in [4.69, 9.17) is 9.15 Å². The highest BCUT2D eigenvalue weighted by Crippen LogP contribution is 2.29. The van der Waals surface area contributed by atoms with Crippen LogP contribution in [0.25, 0.3) is 11.3 Å². The SMILES string of the molecule is COc1cc(-c2ocnc2Cc2ccccc2)ccc1F. The molecule has 0 unspecified atom stereocenters. The van der Waals surface area contributed by atoms with Gasteiger partial charge in [-0.25, -0.2) is 9.37 Å². The molecule has 1 aromatic heterocycles. The summed E-state index contributed by atoms with van der Waals surface area (Å²) in [6, 6.07) is 14.6. The molecule has 0 saturated heterocycles. The van der Waals surface area contributed by atoms with Crippen LogP contribution in [0.1, 0.15) is 11.3 Å². The van der Waals surface area contributed by atoms with Crippen LogP contribution in [0.3, 0.4) is 0 Å². The standard InChI is InChI=1S/C17H14FNO2/c1-20-16-10-13(7-8-14(16)18)17-15(19-11-21-17)9-12-5-3-2-4-6-12/h2-8,10-11H,9H2,1H3. The largest absolute Gasteiger partial charge is 0.494 e. The van der Waals surface area contributed by atoms with Crippen molar-refractivity contribution in [3.8, 4) is 17.1 Å². The highest BCUT2D eigenvalue weighted by Gasteiger charge is 2.13. The Bertz CT molecular complexity index is 738. The van der Waals surface area contributed by atoms with E-state index < -0.39 is 5.82 Å². The second-order valence-electron chi connectivity index (χ2n) is 4.64. The monoisotopic (exact) mass is 283 g/mol. The Morgan fingerprint density at radius 3 is 2.71 bits per heavy atom. The number of benzene rings is 2. The van der Waals surface area contributed by atoms with Gasteiger partial charge in [0.15, 0.2) is 23.7 Å². The van der Waals surface area contributed by atoms with E-state index in [9.17, 15) is 4.39 Å². The predicted octanol–water partition coefficient (Wildman–Crippen LogP) is 4.08. The Balaban J connectivity index is 1.95. The fourth-order valence-corrected chi connectivity index (χ4v) is 2.22. The molecule has 3 aromatic rings. The van der Waals surface area contributed by atoms with Crippen LogP contribution in [0.15, 0.2) is 59.3 Å². The number of hydrogen-bond acceptors (Lipinski definition) is 3. The fraction of sp³-hybridized carbons (Fsp3) is 0.118. The first-order valence-corrected chi connectivity index (χ1v) is 6.58. The van der Waals surface area contributed by atoms with Crippen LogP contribution < -0.4 is 4.74 Å². The molecule has 0 aliphatic carbocycles. The van der Waals surface area contributed by atoms with Gasteiger partial charge in [-0.2, -0.15) is 0 Å². The molecule has 0 radical (unpaired) electrons. The van der Waals surface area contributed by atoms with E-state index in [0.29, 0.717) is 12.2 Å².